The van der Waals surface area contributed by atoms with Gasteiger partial charge in [0.2, 0.25) is 0 Å². The number of hydrogen-bond acceptors (Lipinski definition) is 4. The van der Waals surface area contributed by atoms with E-state index < -0.39 is 0 Å². The molecular weight excluding hydrogens is 334 g/mol. The van der Waals surface area contributed by atoms with E-state index in [0.717, 1.165) is 30.4 Å². The summed E-state index contributed by atoms with van der Waals surface area (Å²) < 4.78 is 5.30. The van der Waals surface area contributed by atoms with Gasteiger partial charge in [-0.15, -0.1) is 11.3 Å². The molecule has 5 heteroatoms. The van der Waals surface area contributed by atoms with Gasteiger partial charge in [0.05, 0.1) is 11.6 Å². The van der Waals surface area contributed by atoms with Crippen LogP contribution >= 0.6 is 11.3 Å². The molecule has 2 aromatic rings. The molecule has 132 valence electrons. The first-order chi connectivity index (χ1) is 12.1. The van der Waals surface area contributed by atoms with Gasteiger partial charge >= 0.3 is 5.97 Å². The van der Waals surface area contributed by atoms with Crippen molar-refractivity contribution in [3.63, 3.8) is 0 Å². The largest absolute Gasteiger partial charge is 0.452 e. The Balaban J connectivity index is 1.58. The van der Waals surface area contributed by atoms with Crippen LogP contribution in [0, 0.1) is 0 Å². The standard InChI is InChI=1S/C20H23NO3S/c1-14(15-8-4-3-5-9-15)21(2)19(22)12-24-20(23)17-13-25-18-11-7-6-10-16(17)18/h3-5,8-9,13-14H,6-7,10-12H2,1-2H3/t14-/m1/s1. The second-order valence-electron chi connectivity index (χ2n) is 6.43. The molecule has 1 amide bonds. The molecule has 3 rings (SSSR count). The van der Waals surface area contributed by atoms with Crippen LogP contribution in [0.4, 0.5) is 0 Å². The molecule has 0 N–H and O–H groups in total. The van der Waals surface area contributed by atoms with Crippen LogP contribution in [-0.2, 0) is 22.4 Å². The predicted molar refractivity (Wildman–Crippen MR) is 98.9 cm³/mol. The molecule has 0 fully saturated rings. The highest BCUT2D eigenvalue weighted by atomic mass is 32.1. The summed E-state index contributed by atoms with van der Waals surface area (Å²) in [5.74, 6) is -0.581. The summed E-state index contributed by atoms with van der Waals surface area (Å²) in [5.41, 5.74) is 2.82. The summed E-state index contributed by atoms with van der Waals surface area (Å²) in [5, 5.41) is 1.87. The molecule has 0 unspecified atom stereocenters. The molecule has 25 heavy (non-hydrogen) atoms. The molecule has 0 saturated heterocycles. The van der Waals surface area contributed by atoms with Crippen molar-refractivity contribution in [3.05, 3.63) is 57.3 Å². The van der Waals surface area contributed by atoms with Crippen molar-refractivity contribution in [2.75, 3.05) is 13.7 Å². The van der Waals surface area contributed by atoms with E-state index in [0.29, 0.717) is 5.56 Å². The maximum Gasteiger partial charge on any atom is 0.339 e. The SMILES string of the molecule is C[C@H](c1ccccc1)N(C)C(=O)COC(=O)c1csc2c1CCCC2. The minimum atomic E-state index is -0.381. The molecule has 1 aliphatic carbocycles. The number of fused-ring (bicyclic) bond motifs is 1. The van der Waals surface area contributed by atoms with Crippen molar-refractivity contribution in [2.45, 2.75) is 38.6 Å². The zero-order chi connectivity index (χ0) is 17.8. The second kappa shape index (κ2) is 7.83. The van der Waals surface area contributed by atoms with E-state index in [1.54, 1.807) is 23.3 Å². The van der Waals surface area contributed by atoms with Gasteiger partial charge in [-0.2, -0.15) is 0 Å². The predicted octanol–water partition coefficient (Wildman–Crippen LogP) is 4.00. The Hall–Kier alpha value is -2.14. The number of likely N-dealkylation sites (N-methyl/N-ethyl adjacent to an activating group) is 1. The molecule has 1 aliphatic rings. The number of carbonyl (C=O) groups is 2. The summed E-state index contributed by atoms with van der Waals surface area (Å²) in [6.45, 7) is 1.74. The van der Waals surface area contributed by atoms with Gasteiger partial charge in [0.1, 0.15) is 0 Å². The highest BCUT2D eigenvalue weighted by Gasteiger charge is 2.23. The quantitative estimate of drug-likeness (QED) is 0.760. The highest BCUT2D eigenvalue weighted by Crippen LogP contribution is 2.30. The first-order valence-electron chi connectivity index (χ1n) is 8.65. The fourth-order valence-electron chi connectivity index (χ4n) is 3.14. The lowest BCUT2D eigenvalue weighted by molar-refractivity contribution is -0.135. The van der Waals surface area contributed by atoms with Gasteiger partial charge in [0.25, 0.3) is 5.91 Å². The van der Waals surface area contributed by atoms with E-state index >= 15 is 0 Å². The Morgan fingerprint density at radius 1 is 1.20 bits per heavy atom. The zero-order valence-electron chi connectivity index (χ0n) is 14.7. The van der Waals surface area contributed by atoms with Crippen LogP contribution < -0.4 is 0 Å². The van der Waals surface area contributed by atoms with Crippen LogP contribution in [0.5, 0.6) is 0 Å². The van der Waals surface area contributed by atoms with E-state index in [1.165, 1.54) is 11.3 Å². The number of nitrogens with zero attached hydrogens (tertiary/aromatic N) is 1. The second-order valence-corrected chi connectivity index (χ2v) is 7.39. The van der Waals surface area contributed by atoms with Crippen molar-refractivity contribution in [1.29, 1.82) is 0 Å². The molecule has 0 aliphatic heterocycles. The Morgan fingerprint density at radius 2 is 1.92 bits per heavy atom. The number of aryl methyl sites for hydroxylation is 1. The Labute approximate surface area is 152 Å². The summed E-state index contributed by atoms with van der Waals surface area (Å²) in [6.07, 6.45) is 4.27. The molecule has 0 saturated carbocycles. The maximum absolute atomic E-state index is 12.4. The molecular formula is C20H23NO3S. The van der Waals surface area contributed by atoms with E-state index in [4.69, 9.17) is 4.74 Å². The maximum atomic E-state index is 12.4. The van der Waals surface area contributed by atoms with Gasteiger partial charge in [-0.25, -0.2) is 4.79 Å². The molecule has 1 aromatic carbocycles. The average Bonchev–Trinajstić information content (AvgIpc) is 3.09. The first-order valence-corrected chi connectivity index (χ1v) is 9.53. The number of hydrogen-bond donors (Lipinski definition) is 0. The summed E-state index contributed by atoms with van der Waals surface area (Å²) in [7, 11) is 1.74. The van der Waals surface area contributed by atoms with Gasteiger partial charge in [-0.05, 0) is 43.7 Å². The van der Waals surface area contributed by atoms with E-state index in [1.807, 2.05) is 42.6 Å². The third-order valence-electron chi connectivity index (χ3n) is 4.86. The van der Waals surface area contributed by atoms with Crippen LogP contribution in [0.25, 0.3) is 0 Å². The van der Waals surface area contributed by atoms with Crippen LogP contribution in [-0.4, -0.2) is 30.4 Å². The lowest BCUT2D eigenvalue weighted by Crippen LogP contribution is -2.33. The van der Waals surface area contributed by atoms with Crippen LogP contribution in [0.15, 0.2) is 35.7 Å². The van der Waals surface area contributed by atoms with Crippen molar-refractivity contribution in [3.8, 4) is 0 Å². The van der Waals surface area contributed by atoms with Gasteiger partial charge < -0.3 is 9.64 Å². The number of carbonyl (C=O) groups excluding carboxylic acids is 2. The van der Waals surface area contributed by atoms with E-state index in [2.05, 4.69) is 0 Å². The Bertz CT molecular complexity index is 754. The highest BCUT2D eigenvalue weighted by molar-refractivity contribution is 7.10. The van der Waals surface area contributed by atoms with Crippen LogP contribution in [0.3, 0.4) is 0 Å². The number of esters is 1. The fourth-order valence-corrected chi connectivity index (χ4v) is 4.26. The van der Waals surface area contributed by atoms with Crippen molar-refractivity contribution < 1.29 is 14.3 Å². The number of thiophene rings is 1. The molecule has 4 nitrogen and oxygen atoms in total. The third-order valence-corrected chi connectivity index (χ3v) is 5.95. The lowest BCUT2D eigenvalue weighted by atomic mass is 9.96. The number of amides is 1. The lowest BCUT2D eigenvalue weighted by Gasteiger charge is -2.25. The number of ether oxygens (including phenoxy) is 1. The van der Waals surface area contributed by atoms with Crippen LogP contribution in [0.1, 0.15) is 52.2 Å². The monoisotopic (exact) mass is 357 g/mol. The minimum Gasteiger partial charge on any atom is -0.452 e. The van der Waals surface area contributed by atoms with E-state index in [9.17, 15) is 9.59 Å². The Morgan fingerprint density at radius 3 is 2.68 bits per heavy atom. The van der Waals surface area contributed by atoms with E-state index in [-0.39, 0.29) is 24.5 Å². The number of benzene rings is 1. The molecule has 1 aromatic heterocycles. The van der Waals surface area contributed by atoms with Crippen LogP contribution in [0.2, 0.25) is 0 Å². The molecule has 1 heterocycles. The van der Waals surface area contributed by atoms with Gasteiger partial charge in [0, 0.05) is 17.3 Å². The van der Waals surface area contributed by atoms with Crippen molar-refractivity contribution in [2.24, 2.45) is 0 Å². The molecule has 0 spiro atoms. The van der Waals surface area contributed by atoms with Gasteiger partial charge in [-0.3, -0.25) is 4.79 Å². The third kappa shape index (κ3) is 3.93. The van der Waals surface area contributed by atoms with Gasteiger partial charge in [0.15, 0.2) is 6.61 Å². The molecule has 0 radical (unpaired) electrons. The average molecular weight is 357 g/mol. The normalized spacial score (nSPS) is 14.5. The Kier molecular flexibility index (Phi) is 5.53. The smallest absolute Gasteiger partial charge is 0.339 e. The molecule has 1 atom stereocenters. The minimum absolute atomic E-state index is 0.0682. The van der Waals surface area contributed by atoms with Crippen molar-refractivity contribution in [1.82, 2.24) is 4.90 Å². The van der Waals surface area contributed by atoms with Crippen molar-refractivity contribution >= 4 is 23.2 Å². The summed E-state index contributed by atoms with van der Waals surface area (Å²) in [6, 6.07) is 9.74. The summed E-state index contributed by atoms with van der Waals surface area (Å²) in [4.78, 5) is 27.6. The zero-order valence-corrected chi connectivity index (χ0v) is 15.5. The number of rotatable bonds is 5. The first kappa shape index (κ1) is 17.7. The fraction of sp³-hybridized carbons (Fsp3) is 0.400. The van der Waals surface area contributed by atoms with Gasteiger partial charge in [-0.1, -0.05) is 30.3 Å². The topological polar surface area (TPSA) is 46.6 Å². The molecule has 0 bridgehead atoms. The summed E-state index contributed by atoms with van der Waals surface area (Å²) >= 11 is 1.63.